The third kappa shape index (κ3) is 8.86. The molecule has 228 valence electrons. The molecule has 12 nitrogen and oxygen atoms in total. The van der Waals surface area contributed by atoms with Crippen LogP contribution in [-0.2, 0) is 37.1 Å². The number of benzene rings is 3. The van der Waals surface area contributed by atoms with Crippen LogP contribution in [0.1, 0.15) is 22.3 Å². The normalized spacial score (nSPS) is 12.5. The molecule has 0 radical (unpaired) electrons. The zero-order chi connectivity index (χ0) is 32.2. The second kappa shape index (κ2) is 15.3. The van der Waals surface area contributed by atoms with Gasteiger partial charge in [0.15, 0.2) is 23.0 Å². The maximum Gasteiger partial charge on any atom is 0.349 e. The van der Waals surface area contributed by atoms with Crippen LogP contribution < -0.4 is 18.9 Å². The summed E-state index contributed by atoms with van der Waals surface area (Å²) in [6.45, 7) is 0.125. The highest BCUT2D eigenvalue weighted by molar-refractivity contribution is 5.98. The molecule has 2 heterocycles. The molecule has 0 unspecified atom stereocenters. The van der Waals surface area contributed by atoms with Crippen LogP contribution in [0.2, 0.25) is 0 Å². The third-order valence-electron chi connectivity index (χ3n) is 6.07. The average molecular weight is 610 g/mol. The first kappa shape index (κ1) is 31.7. The van der Waals surface area contributed by atoms with Crippen molar-refractivity contribution in [2.24, 2.45) is 0 Å². The summed E-state index contributed by atoms with van der Waals surface area (Å²) < 4.78 is 31.7. The molecule has 5 rings (SSSR count). The minimum atomic E-state index is -0.767. The van der Waals surface area contributed by atoms with Gasteiger partial charge in [0.1, 0.15) is 36.5 Å². The zero-order valence-electron chi connectivity index (χ0n) is 24.3. The summed E-state index contributed by atoms with van der Waals surface area (Å²) in [7, 11) is 3.38. The number of amides is 1. The van der Waals surface area contributed by atoms with Gasteiger partial charge in [-0.3, -0.25) is 4.79 Å². The lowest BCUT2D eigenvalue weighted by Gasteiger charge is -2.07. The highest BCUT2D eigenvalue weighted by Gasteiger charge is 2.17. The summed E-state index contributed by atoms with van der Waals surface area (Å²) in [6, 6.07) is 20.7. The Kier molecular flexibility index (Phi) is 10.7. The topological polar surface area (TPSA) is 157 Å². The zero-order valence-corrected chi connectivity index (χ0v) is 24.3. The van der Waals surface area contributed by atoms with E-state index in [1.54, 1.807) is 74.8 Å². The van der Waals surface area contributed by atoms with Crippen LogP contribution in [0.4, 0.5) is 0 Å². The number of rotatable bonds is 9. The molecule has 2 aliphatic rings. The van der Waals surface area contributed by atoms with Gasteiger partial charge in [-0.05, 0) is 58.7 Å². The lowest BCUT2D eigenvalue weighted by molar-refractivity contribution is -0.140. The van der Waals surface area contributed by atoms with Gasteiger partial charge in [-0.2, -0.15) is 10.5 Å². The maximum absolute atomic E-state index is 12.4. The van der Waals surface area contributed by atoms with Crippen LogP contribution in [-0.4, -0.2) is 50.9 Å². The smallest absolute Gasteiger partial charge is 0.349 e. The van der Waals surface area contributed by atoms with Gasteiger partial charge in [0.05, 0.1) is 0 Å². The molecular formula is C33H27N3O9. The fourth-order valence-electron chi connectivity index (χ4n) is 3.80. The minimum absolute atomic E-state index is 0.0596. The largest absolute Gasteiger partial charge is 0.457 e. The number of carbonyl (C=O) groups excluding carboxylic acids is 3. The molecule has 0 atom stereocenters. The van der Waals surface area contributed by atoms with E-state index in [4.69, 9.17) is 28.4 Å². The number of hydrogen-bond donors (Lipinski definition) is 0. The fourth-order valence-corrected chi connectivity index (χ4v) is 3.80. The van der Waals surface area contributed by atoms with Gasteiger partial charge >= 0.3 is 11.9 Å². The summed E-state index contributed by atoms with van der Waals surface area (Å²) >= 11 is 0. The van der Waals surface area contributed by atoms with Gasteiger partial charge in [-0.15, -0.1) is 0 Å². The summed E-state index contributed by atoms with van der Waals surface area (Å²) in [5, 5.41) is 18.8. The molecule has 0 aliphatic carbocycles. The Morgan fingerprint density at radius 1 is 0.711 bits per heavy atom. The quantitative estimate of drug-likeness (QED) is 0.149. The van der Waals surface area contributed by atoms with E-state index >= 15 is 0 Å². The lowest BCUT2D eigenvalue weighted by Crippen LogP contribution is -2.08. The first-order chi connectivity index (χ1) is 21.8. The van der Waals surface area contributed by atoms with Crippen molar-refractivity contribution in [1.29, 1.82) is 10.5 Å². The Hall–Kier alpha value is -6.27. The number of ether oxygens (including phenoxy) is 6. The SMILES string of the molecule is CN(C)C=O.N#CC(=Cc1ccc2c(c1)OCO2)C(=O)OCc1ccc(COC(=O)C(C#N)=Cc2ccc3c(c2)OCO3)cc1. The second-order valence-electron chi connectivity index (χ2n) is 9.60. The number of hydrogen-bond acceptors (Lipinski definition) is 11. The molecule has 0 saturated heterocycles. The van der Waals surface area contributed by atoms with Crippen molar-refractivity contribution in [3.05, 3.63) is 94.1 Å². The Bertz CT molecular complexity index is 1590. The Morgan fingerprint density at radius 2 is 1.09 bits per heavy atom. The number of nitriles is 2. The van der Waals surface area contributed by atoms with Gasteiger partial charge in [0.2, 0.25) is 20.0 Å². The van der Waals surface area contributed by atoms with E-state index in [0.717, 1.165) is 6.41 Å². The predicted octanol–water partition coefficient (Wildman–Crippen LogP) is 4.15. The van der Waals surface area contributed by atoms with E-state index in [9.17, 15) is 24.9 Å². The number of fused-ring (bicyclic) bond motifs is 2. The molecule has 0 spiro atoms. The Morgan fingerprint density at radius 3 is 1.44 bits per heavy atom. The van der Waals surface area contributed by atoms with Gasteiger partial charge in [-0.25, -0.2) is 9.59 Å². The summed E-state index contributed by atoms with van der Waals surface area (Å²) in [6.07, 6.45) is 3.58. The number of esters is 2. The molecule has 0 saturated carbocycles. The monoisotopic (exact) mass is 609 g/mol. The van der Waals surface area contributed by atoms with Gasteiger partial charge < -0.3 is 33.3 Å². The van der Waals surface area contributed by atoms with Crippen molar-refractivity contribution in [2.45, 2.75) is 13.2 Å². The van der Waals surface area contributed by atoms with E-state index in [0.29, 0.717) is 45.3 Å². The molecule has 2 aliphatic heterocycles. The summed E-state index contributed by atoms with van der Waals surface area (Å²) in [5.74, 6) is 0.733. The molecule has 0 bridgehead atoms. The second-order valence-corrected chi connectivity index (χ2v) is 9.60. The third-order valence-corrected chi connectivity index (χ3v) is 6.07. The van der Waals surface area contributed by atoms with Gasteiger partial charge in [0, 0.05) is 14.1 Å². The Labute approximate surface area is 258 Å². The van der Waals surface area contributed by atoms with Crippen molar-refractivity contribution in [3.8, 4) is 35.1 Å². The van der Waals surface area contributed by atoms with E-state index in [1.165, 1.54) is 17.1 Å². The van der Waals surface area contributed by atoms with Crippen molar-refractivity contribution >= 4 is 30.5 Å². The van der Waals surface area contributed by atoms with Crippen LogP contribution in [0, 0.1) is 22.7 Å². The Balaban J connectivity index is 0.000000854. The predicted molar refractivity (Wildman–Crippen MR) is 158 cm³/mol. The lowest BCUT2D eigenvalue weighted by atomic mass is 10.1. The van der Waals surface area contributed by atoms with Crippen molar-refractivity contribution in [1.82, 2.24) is 4.90 Å². The highest BCUT2D eigenvalue weighted by Crippen LogP contribution is 2.34. The molecule has 12 heteroatoms. The average Bonchev–Trinajstić information content (AvgIpc) is 3.73. The summed E-state index contributed by atoms with van der Waals surface area (Å²) in [5.41, 5.74) is 2.21. The van der Waals surface area contributed by atoms with Crippen LogP contribution in [0.15, 0.2) is 71.8 Å². The summed E-state index contributed by atoms with van der Waals surface area (Å²) in [4.78, 5) is 35.8. The van der Waals surface area contributed by atoms with Crippen molar-refractivity contribution in [3.63, 3.8) is 0 Å². The highest BCUT2D eigenvalue weighted by atomic mass is 16.7. The minimum Gasteiger partial charge on any atom is -0.457 e. The van der Waals surface area contributed by atoms with E-state index in [1.807, 2.05) is 12.1 Å². The molecule has 0 fully saturated rings. The van der Waals surface area contributed by atoms with E-state index in [2.05, 4.69) is 0 Å². The molecule has 3 aromatic rings. The molecular weight excluding hydrogens is 582 g/mol. The molecule has 1 amide bonds. The van der Waals surface area contributed by atoms with Gasteiger partial charge in [-0.1, -0.05) is 36.4 Å². The molecule has 3 aromatic carbocycles. The van der Waals surface area contributed by atoms with Crippen LogP contribution >= 0.6 is 0 Å². The number of carbonyl (C=O) groups is 3. The fraction of sp³-hybridized carbons (Fsp3) is 0.182. The van der Waals surface area contributed by atoms with Gasteiger partial charge in [0.25, 0.3) is 0 Å². The van der Waals surface area contributed by atoms with Crippen LogP contribution in [0.3, 0.4) is 0 Å². The van der Waals surface area contributed by atoms with E-state index < -0.39 is 11.9 Å². The van der Waals surface area contributed by atoms with Crippen molar-refractivity contribution < 1.29 is 42.8 Å². The first-order valence-electron chi connectivity index (χ1n) is 13.4. The molecule has 45 heavy (non-hydrogen) atoms. The first-order valence-corrected chi connectivity index (χ1v) is 13.4. The van der Waals surface area contributed by atoms with Crippen molar-refractivity contribution in [2.75, 3.05) is 27.7 Å². The van der Waals surface area contributed by atoms with E-state index in [-0.39, 0.29) is 37.9 Å². The standard InChI is InChI=1S/C30H20N2O8.C3H7NO/c31-13-23(9-21-5-7-25-27(11-21)39-17-37-25)29(33)35-15-19-1-2-20(4-3-19)16-36-30(34)24(14-32)10-22-6-8-26-28(12-22)40-18-38-26;1-4(2)3-5/h1-12H,15-18H2;3H,1-2H3. The number of nitrogens with zero attached hydrogens (tertiary/aromatic N) is 3. The molecule has 0 N–H and O–H groups in total. The maximum atomic E-state index is 12.4. The molecule has 0 aromatic heterocycles. The van der Waals surface area contributed by atoms with Crippen LogP contribution in [0.25, 0.3) is 12.2 Å². The van der Waals surface area contributed by atoms with Crippen LogP contribution in [0.5, 0.6) is 23.0 Å².